The largest absolute Gasteiger partial charge is 0.444 e. The molecule has 122 valence electrons. The lowest BCUT2D eigenvalue weighted by Crippen LogP contribution is -2.52. The zero-order valence-corrected chi connectivity index (χ0v) is 15.0. The minimum absolute atomic E-state index is 0.0414. The van der Waals surface area contributed by atoms with E-state index in [0.29, 0.717) is 26.3 Å². The molecule has 2 unspecified atom stereocenters. The fraction of sp³-hybridized carbons (Fsp3) is 0.800. The van der Waals surface area contributed by atoms with Gasteiger partial charge in [0.05, 0.1) is 19.3 Å². The van der Waals surface area contributed by atoms with Gasteiger partial charge in [0.15, 0.2) is 0 Å². The summed E-state index contributed by atoms with van der Waals surface area (Å²) in [7, 11) is 0. The summed E-state index contributed by atoms with van der Waals surface area (Å²) in [4.78, 5) is 14.1. The Hall–Kier alpha value is -0.590. The molecule has 0 aromatic rings. The molecule has 5 nitrogen and oxygen atoms in total. The molecule has 1 amide bonds. The first-order chi connectivity index (χ1) is 9.69. The molecule has 1 heterocycles. The summed E-state index contributed by atoms with van der Waals surface area (Å²) in [6.45, 7) is 14.0. The number of halogens is 1. The van der Waals surface area contributed by atoms with E-state index in [9.17, 15) is 4.79 Å². The lowest BCUT2D eigenvalue weighted by Gasteiger charge is -2.37. The van der Waals surface area contributed by atoms with Crippen molar-refractivity contribution >= 4 is 22.0 Å². The Morgan fingerprint density at radius 3 is 2.81 bits per heavy atom. The average Bonchev–Trinajstić information content (AvgIpc) is 2.35. The van der Waals surface area contributed by atoms with E-state index >= 15 is 0 Å². The second-order valence-corrected chi connectivity index (χ2v) is 7.56. The summed E-state index contributed by atoms with van der Waals surface area (Å²) in [5.41, 5.74) is -0.475. The Balaban J connectivity index is 2.56. The van der Waals surface area contributed by atoms with E-state index in [1.807, 2.05) is 20.8 Å². The zero-order chi connectivity index (χ0) is 16.0. The van der Waals surface area contributed by atoms with E-state index in [2.05, 4.69) is 34.7 Å². The van der Waals surface area contributed by atoms with Crippen molar-refractivity contribution in [3.63, 3.8) is 0 Å². The van der Waals surface area contributed by atoms with Crippen LogP contribution in [0.2, 0.25) is 0 Å². The van der Waals surface area contributed by atoms with Gasteiger partial charge in [-0.2, -0.15) is 0 Å². The maximum Gasteiger partial charge on any atom is 0.410 e. The summed E-state index contributed by atoms with van der Waals surface area (Å²) in [6.07, 6.45) is 0.562. The molecule has 21 heavy (non-hydrogen) atoms. The number of rotatable bonds is 5. The first-order valence-electron chi connectivity index (χ1n) is 7.33. The van der Waals surface area contributed by atoms with Gasteiger partial charge in [0.25, 0.3) is 0 Å². The van der Waals surface area contributed by atoms with Gasteiger partial charge >= 0.3 is 6.09 Å². The van der Waals surface area contributed by atoms with Gasteiger partial charge in [0.2, 0.25) is 0 Å². The molecule has 2 atom stereocenters. The predicted molar refractivity (Wildman–Crippen MR) is 87.7 cm³/mol. The number of ether oxygens (including phenoxy) is 2. The molecule has 0 radical (unpaired) electrons. The van der Waals surface area contributed by atoms with Crippen molar-refractivity contribution in [3.8, 4) is 0 Å². The third-order valence-corrected chi connectivity index (χ3v) is 3.40. The van der Waals surface area contributed by atoms with Crippen molar-refractivity contribution in [1.82, 2.24) is 10.2 Å². The first kappa shape index (κ1) is 18.5. The van der Waals surface area contributed by atoms with Crippen LogP contribution in [0.25, 0.3) is 0 Å². The highest BCUT2D eigenvalue weighted by atomic mass is 79.9. The van der Waals surface area contributed by atoms with E-state index < -0.39 is 5.60 Å². The third kappa shape index (κ3) is 7.29. The van der Waals surface area contributed by atoms with E-state index in [1.165, 1.54) is 0 Å². The monoisotopic (exact) mass is 362 g/mol. The Kier molecular flexibility index (Phi) is 7.16. The molecule has 0 aromatic carbocycles. The van der Waals surface area contributed by atoms with Gasteiger partial charge in [-0.15, -0.1) is 0 Å². The molecule has 0 bridgehead atoms. The topological polar surface area (TPSA) is 50.8 Å². The first-order valence-corrected chi connectivity index (χ1v) is 8.12. The summed E-state index contributed by atoms with van der Waals surface area (Å²) < 4.78 is 11.9. The quantitative estimate of drug-likeness (QED) is 0.816. The minimum Gasteiger partial charge on any atom is -0.444 e. The summed E-state index contributed by atoms with van der Waals surface area (Å²) >= 11 is 3.33. The SMILES string of the molecule is C=C(Br)CNC(C)CC1COCCN1C(=O)OC(C)(C)C. The van der Waals surface area contributed by atoms with Gasteiger partial charge in [-0.1, -0.05) is 22.5 Å². The molecule has 0 aromatic heterocycles. The lowest BCUT2D eigenvalue weighted by molar-refractivity contribution is -0.0355. The van der Waals surface area contributed by atoms with Crippen LogP contribution >= 0.6 is 15.9 Å². The van der Waals surface area contributed by atoms with Gasteiger partial charge in [-0.25, -0.2) is 4.79 Å². The highest BCUT2D eigenvalue weighted by molar-refractivity contribution is 9.11. The second-order valence-electron chi connectivity index (χ2n) is 6.44. The normalized spacial score (nSPS) is 21.0. The van der Waals surface area contributed by atoms with Crippen LogP contribution < -0.4 is 5.32 Å². The Bertz CT molecular complexity index is 368. The van der Waals surface area contributed by atoms with Crippen LogP contribution in [-0.2, 0) is 9.47 Å². The third-order valence-electron chi connectivity index (χ3n) is 3.12. The van der Waals surface area contributed by atoms with Gasteiger partial charge < -0.3 is 19.7 Å². The van der Waals surface area contributed by atoms with Crippen LogP contribution in [0.5, 0.6) is 0 Å². The maximum absolute atomic E-state index is 12.3. The number of carbonyl (C=O) groups is 1. The van der Waals surface area contributed by atoms with Crippen molar-refractivity contribution in [3.05, 3.63) is 11.1 Å². The van der Waals surface area contributed by atoms with Crippen LogP contribution in [0.1, 0.15) is 34.1 Å². The fourth-order valence-electron chi connectivity index (χ4n) is 2.19. The standard InChI is InChI=1S/C15H27BrN2O3/c1-11(16)9-17-12(2)8-13-10-20-7-6-18(13)14(19)21-15(3,4)5/h12-13,17H,1,6-10H2,2-5H3. The summed E-state index contributed by atoms with van der Waals surface area (Å²) in [5, 5.41) is 3.36. The van der Waals surface area contributed by atoms with Gasteiger partial charge in [0.1, 0.15) is 5.60 Å². The van der Waals surface area contributed by atoms with Crippen molar-refractivity contribution in [1.29, 1.82) is 0 Å². The number of hydrogen-bond donors (Lipinski definition) is 1. The zero-order valence-electron chi connectivity index (χ0n) is 13.4. The molecule has 0 aliphatic carbocycles. The molecule has 6 heteroatoms. The molecule has 1 aliphatic heterocycles. The molecular formula is C15H27BrN2O3. The van der Waals surface area contributed by atoms with E-state index in [0.717, 1.165) is 10.9 Å². The number of hydrogen-bond acceptors (Lipinski definition) is 4. The molecule has 1 rings (SSSR count). The van der Waals surface area contributed by atoms with Crippen LogP contribution in [-0.4, -0.2) is 55.0 Å². The molecule has 0 spiro atoms. The minimum atomic E-state index is -0.475. The van der Waals surface area contributed by atoms with Crippen molar-refractivity contribution in [2.75, 3.05) is 26.3 Å². The van der Waals surface area contributed by atoms with Gasteiger partial charge in [0, 0.05) is 23.6 Å². The molecule has 1 N–H and O–H groups in total. The van der Waals surface area contributed by atoms with Crippen LogP contribution in [0.3, 0.4) is 0 Å². The van der Waals surface area contributed by atoms with E-state index in [1.54, 1.807) is 4.90 Å². The highest BCUT2D eigenvalue weighted by Crippen LogP contribution is 2.17. The van der Waals surface area contributed by atoms with Gasteiger partial charge in [-0.3, -0.25) is 0 Å². The maximum atomic E-state index is 12.3. The van der Waals surface area contributed by atoms with Crippen molar-refractivity contribution in [2.45, 2.75) is 51.8 Å². The van der Waals surface area contributed by atoms with Crippen LogP contribution in [0.15, 0.2) is 11.1 Å². The highest BCUT2D eigenvalue weighted by Gasteiger charge is 2.31. The van der Waals surface area contributed by atoms with Gasteiger partial charge in [-0.05, 0) is 34.1 Å². The van der Waals surface area contributed by atoms with E-state index in [-0.39, 0.29) is 18.2 Å². The number of carbonyl (C=O) groups excluding carboxylic acids is 1. The van der Waals surface area contributed by atoms with E-state index in [4.69, 9.17) is 9.47 Å². The Morgan fingerprint density at radius 2 is 2.24 bits per heavy atom. The Morgan fingerprint density at radius 1 is 1.57 bits per heavy atom. The second kappa shape index (κ2) is 8.15. The molecular weight excluding hydrogens is 336 g/mol. The van der Waals surface area contributed by atoms with Crippen LogP contribution in [0.4, 0.5) is 4.79 Å². The average molecular weight is 363 g/mol. The van der Waals surface area contributed by atoms with Crippen molar-refractivity contribution < 1.29 is 14.3 Å². The lowest BCUT2D eigenvalue weighted by atomic mass is 10.1. The predicted octanol–water partition coefficient (Wildman–Crippen LogP) is 2.90. The molecule has 1 aliphatic rings. The molecule has 1 fully saturated rings. The molecule has 1 saturated heterocycles. The Labute approximate surface area is 136 Å². The smallest absolute Gasteiger partial charge is 0.410 e. The number of amides is 1. The summed E-state index contributed by atoms with van der Waals surface area (Å²) in [5.74, 6) is 0. The molecule has 0 saturated carbocycles. The number of nitrogens with one attached hydrogen (secondary N) is 1. The fourth-order valence-corrected chi connectivity index (χ4v) is 2.35. The number of morpholine rings is 1. The summed E-state index contributed by atoms with van der Waals surface area (Å²) in [6, 6.07) is 0.302. The number of nitrogens with zero attached hydrogens (tertiary/aromatic N) is 1. The van der Waals surface area contributed by atoms with Crippen LogP contribution in [0, 0.1) is 0 Å². The van der Waals surface area contributed by atoms with Crippen molar-refractivity contribution in [2.24, 2.45) is 0 Å².